The first kappa shape index (κ1) is 23.0. The predicted octanol–water partition coefficient (Wildman–Crippen LogP) is 4.17. The van der Waals surface area contributed by atoms with Crippen molar-refractivity contribution in [1.82, 2.24) is 14.5 Å². The number of fused-ring (bicyclic) bond motifs is 1. The number of benzene rings is 2. The maximum absolute atomic E-state index is 13.4. The van der Waals surface area contributed by atoms with E-state index < -0.39 is 17.2 Å². The van der Waals surface area contributed by atoms with E-state index in [9.17, 15) is 14.4 Å². The Balaban J connectivity index is 1.69. The molecule has 0 aliphatic rings. The summed E-state index contributed by atoms with van der Waals surface area (Å²) in [7, 11) is 0. The summed E-state index contributed by atoms with van der Waals surface area (Å²) in [5, 5.41) is 5.08. The first-order valence-electron chi connectivity index (χ1n) is 10.5. The van der Waals surface area contributed by atoms with Gasteiger partial charge in [0.05, 0.1) is 12.1 Å². The highest BCUT2D eigenvalue weighted by atomic mass is 35.5. The third-order valence-corrected chi connectivity index (χ3v) is 6.99. The second-order valence-corrected chi connectivity index (χ2v) is 9.46. The van der Waals surface area contributed by atoms with E-state index in [1.807, 2.05) is 39.0 Å². The zero-order valence-electron chi connectivity index (χ0n) is 18.6. The Labute approximate surface area is 200 Å². The van der Waals surface area contributed by atoms with Crippen LogP contribution in [0.15, 0.2) is 57.4 Å². The van der Waals surface area contributed by atoms with Gasteiger partial charge < -0.3 is 5.32 Å². The van der Waals surface area contributed by atoms with Crippen LogP contribution in [-0.2, 0) is 24.4 Å². The smallest absolute Gasteiger partial charge is 0.332 e. The second-order valence-electron chi connectivity index (χ2n) is 8.14. The van der Waals surface area contributed by atoms with Gasteiger partial charge in [0.15, 0.2) is 0 Å². The molecule has 0 unspecified atom stereocenters. The van der Waals surface area contributed by atoms with Gasteiger partial charge >= 0.3 is 5.69 Å². The molecule has 0 aliphatic heterocycles. The number of halogens is 1. The second kappa shape index (κ2) is 9.37. The molecule has 0 aliphatic carbocycles. The molecule has 2 heterocycles. The van der Waals surface area contributed by atoms with Crippen LogP contribution in [0.1, 0.15) is 27.8 Å². The highest BCUT2D eigenvalue weighted by Crippen LogP contribution is 2.21. The molecule has 170 valence electrons. The zero-order valence-corrected chi connectivity index (χ0v) is 20.2. The molecule has 0 atom stereocenters. The molecule has 0 saturated carbocycles. The van der Waals surface area contributed by atoms with Gasteiger partial charge in [-0.1, -0.05) is 47.5 Å². The summed E-state index contributed by atoms with van der Waals surface area (Å²) in [5.74, 6) is -0.431. The topological polar surface area (TPSA) is 73.1 Å². The molecular formula is C25H24ClN3O3S. The van der Waals surface area contributed by atoms with E-state index >= 15 is 0 Å². The van der Waals surface area contributed by atoms with Crippen molar-refractivity contribution in [2.24, 2.45) is 0 Å². The standard InChI is InChI=1S/C25H24ClN3O3S/c1-15-10-16(2)19(17(3)11-15)13-28-21-8-9-33-23(21)24(31)29(25(28)32)14-22(30)27-12-18-6-4-5-7-20(18)26/h4-11H,12-14H2,1-3H3,(H,27,30). The van der Waals surface area contributed by atoms with E-state index in [-0.39, 0.29) is 13.1 Å². The van der Waals surface area contributed by atoms with Gasteiger partial charge in [0, 0.05) is 11.6 Å². The predicted molar refractivity (Wildman–Crippen MR) is 133 cm³/mol. The van der Waals surface area contributed by atoms with E-state index in [0.717, 1.165) is 32.4 Å². The Hall–Kier alpha value is -3.16. The summed E-state index contributed by atoms with van der Waals surface area (Å²) >= 11 is 7.42. The molecule has 1 amide bonds. The first-order chi connectivity index (χ1) is 15.8. The fourth-order valence-electron chi connectivity index (χ4n) is 4.08. The molecule has 6 nitrogen and oxygen atoms in total. The van der Waals surface area contributed by atoms with Crippen LogP contribution in [0.4, 0.5) is 0 Å². The molecule has 4 aromatic rings. The number of hydrogen-bond donors (Lipinski definition) is 1. The molecule has 0 saturated heterocycles. The highest BCUT2D eigenvalue weighted by molar-refractivity contribution is 7.17. The number of carbonyl (C=O) groups excluding carboxylic acids is 1. The fourth-order valence-corrected chi connectivity index (χ4v) is 5.12. The van der Waals surface area contributed by atoms with Gasteiger partial charge in [0.2, 0.25) is 5.91 Å². The lowest BCUT2D eigenvalue weighted by molar-refractivity contribution is -0.121. The third-order valence-electron chi connectivity index (χ3n) is 5.73. The summed E-state index contributed by atoms with van der Waals surface area (Å²) in [6.45, 7) is 6.25. The van der Waals surface area contributed by atoms with Crippen molar-refractivity contribution in [3.8, 4) is 0 Å². The molecule has 0 fully saturated rings. The third kappa shape index (κ3) is 4.65. The Morgan fingerprint density at radius 2 is 1.73 bits per heavy atom. The number of nitrogens with one attached hydrogen (secondary N) is 1. The van der Waals surface area contributed by atoms with E-state index in [2.05, 4.69) is 17.4 Å². The molecule has 4 rings (SSSR count). The molecule has 0 spiro atoms. The van der Waals surface area contributed by atoms with Gasteiger partial charge in [0.25, 0.3) is 5.56 Å². The average Bonchev–Trinajstić information content (AvgIpc) is 3.25. The van der Waals surface area contributed by atoms with Crippen LogP contribution in [0, 0.1) is 20.8 Å². The minimum atomic E-state index is -0.502. The summed E-state index contributed by atoms with van der Waals surface area (Å²) in [4.78, 5) is 39.0. The summed E-state index contributed by atoms with van der Waals surface area (Å²) < 4.78 is 3.05. The lowest BCUT2D eigenvalue weighted by Gasteiger charge is -2.16. The molecule has 1 N–H and O–H groups in total. The van der Waals surface area contributed by atoms with Crippen LogP contribution in [0.5, 0.6) is 0 Å². The zero-order chi connectivity index (χ0) is 23.7. The van der Waals surface area contributed by atoms with E-state index in [1.165, 1.54) is 11.3 Å². The molecule has 33 heavy (non-hydrogen) atoms. The monoisotopic (exact) mass is 481 g/mol. The van der Waals surface area contributed by atoms with Crippen molar-refractivity contribution in [2.75, 3.05) is 0 Å². The van der Waals surface area contributed by atoms with Crippen LogP contribution < -0.4 is 16.6 Å². The van der Waals surface area contributed by atoms with Crippen molar-refractivity contribution in [1.29, 1.82) is 0 Å². The number of rotatable bonds is 6. The highest BCUT2D eigenvalue weighted by Gasteiger charge is 2.18. The maximum Gasteiger partial charge on any atom is 0.332 e. The number of thiophene rings is 1. The number of carbonyl (C=O) groups is 1. The maximum atomic E-state index is 13.4. The van der Waals surface area contributed by atoms with Crippen LogP contribution in [0.2, 0.25) is 5.02 Å². The molecule has 8 heteroatoms. The van der Waals surface area contributed by atoms with Gasteiger partial charge in [-0.25, -0.2) is 9.36 Å². The first-order valence-corrected chi connectivity index (χ1v) is 11.8. The number of nitrogens with zero attached hydrogens (tertiary/aromatic N) is 2. The summed E-state index contributed by atoms with van der Waals surface area (Å²) in [5.41, 5.74) is 4.74. The quantitative estimate of drug-likeness (QED) is 0.449. The van der Waals surface area contributed by atoms with Crippen LogP contribution in [-0.4, -0.2) is 15.0 Å². The molecule has 2 aromatic carbocycles. The fraction of sp³-hybridized carbons (Fsp3) is 0.240. The van der Waals surface area contributed by atoms with Crippen LogP contribution >= 0.6 is 22.9 Å². The normalized spacial score (nSPS) is 11.2. The van der Waals surface area contributed by atoms with E-state index in [1.54, 1.807) is 22.1 Å². The number of hydrogen-bond acceptors (Lipinski definition) is 4. The van der Waals surface area contributed by atoms with Gasteiger partial charge in [-0.05, 0) is 60.5 Å². The van der Waals surface area contributed by atoms with E-state index in [0.29, 0.717) is 21.8 Å². The minimum Gasteiger partial charge on any atom is -0.350 e. The Kier molecular flexibility index (Phi) is 6.54. The summed E-state index contributed by atoms with van der Waals surface area (Å²) in [6, 6.07) is 13.1. The van der Waals surface area contributed by atoms with Gasteiger partial charge in [-0.2, -0.15) is 0 Å². The van der Waals surface area contributed by atoms with E-state index in [4.69, 9.17) is 11.6 Å². The molecule has 2 aromatic heterocycles. The Bertz CT molecular complexity index is 1460. The van der Waals surface area contributed by atoms with Gasteiger partial charge in [-0.3, -0.25) is 14.2 Å². The van der Waals surface area contributed by atoms with Crippen molar-refractivity contribution in [2.45, 2.75) is 40.4 Å². The summed E-state index contributed by atoms with van der Waals surface area (Å²) in [6.07, 6.45) is 0. The van der Waals surface area contributed by atoms with Gasteiger partial charge in [-0.15, -0.1) is 11.3 Å². The molecular weight excluding hydrogens is 458 g/mol. The van der Waals surface area contributed by atoms with Crippen molar-refractivity contribution < 1.29 is 4.79 Å². The Morgan fingerprint density at radius 1 is 1.03 bits per heavy atom. The largest absolute Gasteiger partial charge is 0.350 e. The number of aryl methyl sites for hydroxylation is 3. The number of aromatic nitrogens is 2. The molecule has 0 radical (unpaired) electrons. The molecule has 0 bridgehead atoms. The van der Waals surface area contributed by atoms with Crippen molar-refractivity contribution in [3.05, 3.63) is 102 Å². The lowest BCUT2D eigenvalue weighted by atomic mass is 10.00. The van der Waals surface area contributed by atoms with Crippen LogP contribution in [0.25, 0.3) is 10.2 Å². The SMILES string of the molecule is Cc1cc(C)c(Cn2c(=O)n(CC(=O)NCc3ccccc3Cl)c(=O)c3sccc32)c(C)c1. The average molecular weight is 482 g/mol. The van der Waals surface area contributed by atoms with Crippen molar-refractivity contribution in [3.63, 3.8) is 0 Å². The van der Waals surface area contributed by atoms with Crippen LogP contribution in [0.3, 0.4) is 0 Å². The Morgan fingerprint density at radius 3 is 2.42 bits per heavy atom. The van der Waals surface area contributed by atoms with Crippen molar-refractivity contribution >= 4 is 39.1 Å². The van der Waals surface area contributed by atoms with Gasteiger partial charge in [0.1, 0.15) is 11.2 Å². The lowest BCUT2D eigenvalue weighted by Crippen LogP contribution is -2.43. The number of amides is 1. The minimum absolute atomic E-state index is 0.213.